The van der Waals surface area contributed by atoms with E-state index in [0.29, 0.717) is 12.1 Å². The van der Waals surface area contributed by atoms with E-state index in [2.05, 4.69) is 63.3 Å². The van der Waals surface area contributed by atoms with Crippen LogP contribution in [0.2, 0.25) is 0 Å². The second kappa shape index (κ2) is 5.92. The fourth-order valence-electron chi connectivity index (χ4n) is 1.75. The molecule has 0 saturated carbocycles. The predicted octanol–water partition coefficient (Wildman–Crippen LogP) is 3.77. The Hall–Kier alpha value is -0.820. The van der Waals surface area contributed by atoms with Gasteiger partial charge in [0.05, 0.1) is 0 Å². The summed E-state index contributed by atoms with van der Waals surface area (Å²) in [6.45, 7) is 9.05. The molecule has 1 heteroatoms. The van der Waals surface area contributed by atoms with Gasteiger partial charge in [-0.15, -0.1) is 0 Å². The van der Waals surface area contributed by atoms with Gasteiger partial charge in [-0.05, 0) is 25.3 Å². The van der Waals surface area contributed by atoms with Crippen molar-refractivity contribution >= 4 is 0 Å². The SMILES string of the molecule is CCC(C)C(C)N[C@@H](C)c1ccccc1. The Morgan fingerprint density at radius 3 is 2.20 bits per heavy atom. The molecule has 0 aliphatic rings. The molecule has 0 saturated heterocycles. The Balaban J connectivity index is 2.52. The van der Waals surface area contributed by atoms with Gasteiger partial charge in [0.25, 0.3) is 0 Å². The van der Waals surface area contributed by atoms with Crippen molar-refractivity contribution < 1.29 is 0 Å². The van der Waals surface area contributed by atoms with Crippen LogP contribution in [0.3, 0.4) is 0 Å². The van der Waals surface area contributed by atoms with Gasteiger partial charge in [-0.2, -0.15) is 0 Å². The Labute approximate surface area is 93.9 Å². The van der Waals surface area contributed by atoms with Crippen molar-refractivity contribution in [2.75, 3.05) is 0 Å². The Morgan fingerprint density at radius 1 is 1.07 bits per heavy atom. The zero-order chi connectivity index (χ0) is 11.3. The van der Waals surface area contributed by atoms with Crippen LogP contribution in [0.1, 0.15) is 45.7 Å². The first-order valence-corrected chi connectivity index (χ1v) is 5.96. The zero-order valence-corrected chi connectivity index (χ0v) is 10.3. The molecule has 1 rings (SSSR count). The molecule has 1 aromatic rings. The van der Waals surface area contributed by atoms with Gasteiger partial charge in [-0.25, -0.2) is 0 Å². The summed E-state index contributed by atoms with van der Waals surface area (Å²) in [4.78, 5) is 0. The summed E-state index contributed by atoms with van der Waals surface area (Å²) in [5.41, 5.74) is 1.37. The van der Waals surface area contributed by atoms with Crippen LogP contribution in [-0.4, -0.2) is 6.04 Å². The lowest BCUT2D eigenvalue weighted by Crippen LogP contribution is -2.33. The first-order valence-electron chi connectivity index (χ1n) is 5.96. The second-order valence-electron chi connectivity index (χ2n) is 4.47. The third kappa shape index (κ3) is 3.67. The minimum atomic E-state index is 0.440. The van der Waals surface area contributed by atoms with Crippen LogP contribution in [0.5, 0.6) is 0 Å². The Kier molecular flexibility index (Phi) is 4.83. The fourth-order valence-corrected chi connectivity index (χ4v) is 1.75. The van der Waals surface area contributed by atoms with Crippen molar-refractivity contribution in [3.05, 3.63) is 35.9 Å². The van der Waals surface area contributed by atoms with Crippen LogP contribution in [0.25, 0.3) is 0 Å². The topological polar surface area (TPSA) is 12.0 Å². The summed E-state index contributed by atoms with van der Waals surface area (Å²) in [5, 5.41) is 3.65. The van der Waals surface area contributed by atoms with Gasteiger partial charge in [-0.1, -0.05) is 50.6 Å². The maximum Gasteiger partial charge on any atom is 0.0294 e. The molecule has 1 N–H and O–H groups in total. The summed E-state index contributed by atoms with van der Waals surface area (Å²) >= 11 is 0. The highest BCUT2D eigenvalue weighted by Crippen LogP contribution is 2.15. The maximum absolute atomic E-state index is 3.65. The minimum absolute atomic E-state index is 0.440. The molecule has 0 aliphatic carbocycles. The molecule has 0 heterocycles. The van der Waals surface area contributed by atoms with E-state index in [9.17, 15) is 0 Å². The molecule has 0 amide bonds. The Morgan fingerprint density at radius 2 is 1.67 bits per heavy atom. The maximum atomic E-state index is 3.65. The van der Waals surface area contributed by atoms with Crippen LogP contribution in [-0.2, 0) is 0 Å². The van der Waals surface area contributed by atoms with Gasteiger partial charge in [0.2, 0.25) is 0 Å². The van der Waals surface area contributed by atoms with E-state index in [1.165, 1.54) is 12.0 Å². The summed E-state index contributed by atoms with van der Waals surface area (Å²) < 4.78 is 0. The average Bonchev–Trinajstić information content (AvgIpc) is 2.29. The lowest BCUT2D eigenvalue weighted by Gasteiger charge is -2.24. The van der Waals surface area contributed by atoms with E-state index in [4.69, 9.17) is 0 Å². The molecule has 0 aromatic heterocycles. The van der Waals surface area contributed by atoms with E-state index >= 15 is 0 Å². The molecule has 0 bridgehead atoms. The molecule has 0 radical (unpaired) electrons. The van der Waals surface area contributed by atoms with Crippen LogP contribution < -0.4 is 5.32 Å². The third-order valence-corrected chi connectivity index (χ3v) is 3.31. The summed E-state index contributed by atoms with van der Waals surface area (Å²) in [5.74, 6) is 0.733. The van der Waals surface area contributed by atoms with Gasteiger partial charge in [0.15, 0.2) is 0 Å². The second-order valence-corrected chi connectivity index (χ2v) is 4.47. The first-order chi connectivity index (χ1) is 7.15. The van der Waals surface area contributed by atoms with E-state index in [0.717, 1.165) is 5.92 Å². The van der Waals surface area contributed by atoms with Crippen molar-refractivity contribution in [3.8, 4) is 0 Å². The molecule has 3 atom stereocenters. The van der Waals surface area contributed by atoms with Crippen LogP contribution >= 0.6 is 0 Å². The van der Waals surface area contributed by atoms with E-state index in [1.807, 2.05) is 0 Å². The molecule has 0 aliphatic heterocycles. The normalized spacial score (nSPS) is 17.1. The number of rotatable bonds is 5. The lowest BCUT2D eigenvalue weighted by atomic mass is 9.99. The molecule has 0 spiro atoms. The first kappa shape index (κ1) is 12.3. The lowest BCUT2D eigenvalue weighted by molar-refractivity contribution is 0.360. The van der Waals surface area contributed by atoms with Gasteiger partial charge < -0.3 is 5.32 Å². The Bertz CT molecular complexity index is 268. The van der Waals surface area contributed by atoms with Gasteiger partial charge in [-0.3, -0.25) is 0 Å². The average molecular weight is 205 g/mol. The molecule has 2 unspecified atom stereocenters. The highest BCUT2D eigenvalue weighted by Gasteiger charge is 2.13. The highest BCUT2D eigenvalue weighted by molar-refractivity contribution is 5.18. The van der Waals surface area contributed by atoms with Crippen LogP contribution in [0.15, 0.2) is 30.3 Å². The number of nitrogens with one attached hydrogen (secondary N) is 1. The third-order valence-electron chi connectivity index (χ3n) is 3.31. The molecule has 0 fully saturated rings. The molecule has 84 valence electrons. The summed E-state index contributed by atoms with van der Waals surface area (Å²) in [6.07, 6.45) is 1.23. The molecular weight excluding hydrogens is 182 g/mol. The number of hydrogen-bond donors (Lipinski definition) is 1. The van der Waals surface area contributed by atoms with Crippen molar-refractivity contribution in [1.82, 2.24) is 5.32 Å². The molecule has 1 nitrogen and oxygen atoms in total. The van der Waals surface area contributed by atoms with E-state index in [1.54, 1.807) is 0 Å². The number of benzene rings is 1. The van der Waals surface area contributed by atoms with E-state index < -0.39 is 0 Å². The van der Waals surface area contributed by atoms with Crippen molar-refractivity contribution in [2.24, 2.45) is 5.92 Å². The highest BCUT2D eigenvalue weighted by atomic mass is 14.9. The molecule has 1 aromatic carbocycles. The van der Waals surface area contributed by atoms with Crippen molar-refractivity contribution in [1.29, 1.82) is 0 Å². The summed E-state index contributed by atoms with van der Waals surface area (Å²) in [7, 11) is 0. The zero-order valence-electron chi connectivity index (χ0n) is 10.3. The number of hydrogen-bond acceptors (Lipinski definition) is 1. The standard InChI is InChI=1S/C14H23N/c1-5-11(2)12(3)15-13(4)14-9-7-6-8-10-14/h6-13,15H,5H2,1-4H3/t11?,12?,13-/m0/s1. The van der Waals surface area contributed by atoms with Crippen molar-refractivity contribution in [2.45, 2.75) is 46.2 Å². The van der Waals surface area contributed by atoms with Gasteiger partial charge in [0.1, 0.15) is 0 Å². The largest absolute Gasteiger partial charge is 0.307 e. The van der Waals surface area contributed by atoms with Crippen LogP contribution in [0.4, 0.5) is 0 Å². The van der Waals surface area contributed by atoms with Gasteiger partial charge in [0, 0.05) is 12.1 Å². The van der Waals surface area contributed by atoms with Crippen molar-refractivity contribution in [3.63, 3.8) is 0 Å². The monoisotopic (exact) mass is 205 g/mol. The summed E-state index contributed by atoms with van der Waals surface area (Å²) in [6, 6.07) is 11.6. The fraction of sp³-hybridized carbons (Fsp3) is 0.571. The van der Waals surface area contributed by atoms with Crippen LogP contribution in [0, 0.1) is 5.92 Å². The predicted molar refractivity (Wildman–Crippen MR) is 66.9 cm³/mol. The molecular formula is C14H23N. The quantitative estimate of drug-likeness (QED) is 0.771. The minimum Gasteiger partial charge on any atom is -0.307 e. The van der Waals surface area contributed by atoms with E-state index in [-0.39, 0.29) is 0 Å². The smallest absolute Gasteiger partial charge is 0.0294 e. The van der Waals surface area contributed by atoms with Gasteiger partial charge >= 0.3 is 0 Å². The molecule has 15 heavy (non-hydrogen) atoms.